The molecule has 0 fully saturated rings. The molecule has 1 aromatic heterocycles. The van der Waals surface area contributed by atoms with Crippen LogP contribution in [0.4, 0.5) is 19.0 Å². The van der Waals surface area contributed by atoms with Gasteiger partial charge < -0.3 is 14.8 Å². The average molecular weight is 293 g/mol. The lowest BCUT2D eigenvalue weighted by atomic mass is 10.4. The van der Waals surface area contributed by atoms with Crippen LogP contribution in [0.3, 0.4) is 0 Å². The van der Waals surface area contributed by atoms with Crippen molar-refractivity contribution in [3.05, 3.63) is 11.9 Å². The van der Waals surface area contributed by atoms with Crippen molar-refractivity contribution >= 4 is 5.82 Å². The largest absolute Gasteiger partial charge is 0.465 e. The zero-order valence-corrected chi connectivity index (χ0v) is 11.6. The highest BCUT2D eigenvalue weighted by Gasteiger charge is 2.38. The summed E-state index contributed by atoms with van der Waals surface area (Å²) in [5.74, 6) is 0.548. The summed E-state index contributed by atoms with van der Waals surface area (Å²) in [6, 6.07) is 1.33. The predicted molar refractivity (Wildman–Crippen MR) is 67.7 cm³/mol. The van der Waals surface area contributed by atoms with Crippen LogP contribution in [-0.4, -0.2) is 35.4 Å². The molecule has 1 rings (SSSR count). The van der Waals surface area contributed by atoms with Crippen molar-refractivity contribution < 1.29 is 22.6 Å². The summed E-state index contributed by atoms with van der Waals surface area (Å²) in [4.78, 5) is 8.03. The predicted octanol–water partition coefficient (Wildman–Crippen LogP) is 2.77. The molecule has 0 saturated carbocycles. The minimum atomic E-state index is -4.44. The van der Waals surface area contributed by atoms with Gasteiger partial charge in [0.2, 0.25) is 5.88 Å². The molecule has 0 radical (unpaired) electrons. The third kappa shape index (κ3) is 5.20. The minimum absolute atomic E-state index is 0.118. The Bertz CT molecular complexity index is 427. The van der Waals surface area contributed by atoms with E-state index in [0.29, 0.717) is 19.0 Å². The van der Waals surface area contributed by atoms with Crippen LogP contribution in [0.15, 0.2) is 6.07 Å². The third-order valence-corrected chi connectivity index (χ3v) is 2.30. The van der Waals surface area contributed by atoms with Gasteiger partial charge in [0.15, 0.2) is 11.9 Å². The first-order valence-electron chi connectivity index (χ1n) is 6.29. The number of halogens is 3. The lowest BCUT2D eigenvalue weighted by Crippen LogP contribution is -2.31. The highest BCUT2D eigenvalue weighted by atomic mass is 19.4. The molecule has 8 heteroatoms. The number of nitrogens with zero attached hydrogens (tertiary/aromatic N) is 2. The summed E-state index contributed by atoms with van der Waals surface area (Å²) in [5.41, 5.74) is 0. The van der Waals surface area contributed by atoms with Crippen LogP contribution in [0, 0.1) is 0 Å². The van der Waals surface area contributed by atoms with Crippen molar-refractivity contribution in [2.75, 3.05) is 18.5 Å². The Morgan fingerprint density at radius 1 is 1.30 bits per heavy atom. The Kier molecular flexibility index (Phi) is 6.00. The summed E-state index contributed by atoms with van der Waals surface area (Å²) >= 11 is 0. The number of hydrogen-bond acceptors (Lipinski definition) is 5. The summed E-state index contributed by atoms with van der Waals surface area (Å²) in [6.07, 6.45) is -6.38. The maximum absolute atomic E-state index is 12.5. The maximum atomic E-state index is 12.5. The normalized spacial score (nSPS) is 13.1. The fourth-order valence-corrected chi connectivity index (χ4v) is 1.31. The highest BCUT2D eigenvalue weighted by molar-refractivity contribution is 5.38. The molecule has 0 aliphatic heterocycles. The molecule has 5 nitrogen and oxygen atoms in total. The van der Waals surface area contributed by atoms with E-state index in [9.17, 15) is 13.2 Å². The van der Waals surface area contributed by atoms with E-state index in [1.54, 1.807) is 6.92 Å². The first kappa shape index (κ1) is 16.5. The molecule has 1 atom stereocenters. The van der Waals surface area contributed by atoms with E-state index in [0.717, 1.165) is 6.92 Å². The SMILES string of the molecule is CCNc1cc(OC(C)C(F)(F)F)nc(COCC)n1. The van der Waals surface area contributed by atoms with Crippen LogP contribution < -0.4 is 10.1 Å². The van der Waals surface area contributed by atoms with Crippen molar-refractivity contribution in [3.63, 3.8) is 0 Å². The molecule has 1 N–H and O–H groups in total. The second-order valence-electron chi connectivity index (χ2n) is 3.98. The number of anilines is 1. The third-order valence-electron chi connectivity index (χ3n) is 2.30. The van der Waals surface area contributed by atoms with Crippen molar-refractivity contribution in [1.29, 1.82) is 0 Å². The topological polar surface area (TPSA) is 56.3 Å². The van der Waals surface area contributed by atoms with Gasteiger partial charge in [0.1, 0.15) is 12.4 Å². The minimum Gasteiger partial charge on any atom is -0.465 e. The van der Waals surface area contributed by atoms with E-state index in [4.69, 9.17) is 9.47 Å². The zero-order valence-electron chi connectivity index (χ0n) is 11.6. The van der Waals surface area contributed by atoms with E-state index in [2.05, 4.69) is 15.3 Å². The zero-order chi connectivity index (χ0) is 15.2. The molecule has 1 unspecified atom stereocenters. The van der Waals surface area contributed by atoms with E-state index in [1.165, 1.54) is 6.07 Å². The first-order chi connectivity index (χ1) is 9.36. The standard InChI is InChI=1S/C12H18F3N3O2/c1-4-16-9-6-11(20-8(3)12(13,14)15)18-10(17-9)7-19-5-2/h6,8H,4-5,7H2,1-3H3,(H,16,17,18). The number of rotatable bonds is 7. The van der Waals surface area contributed by atoms with Crippen LogP contribution >= 0.6 is 0 Å². The van der Waals surface area contributed by atoms with Crippen molar-refractivity contribution in [3.8, 4) is 5.88 Å². The van der Waals surface area contributed by atoms with Gasteiger partial charge in [-0.1, -0.05) is 0 Å². The van der Waals surface area contributed by atoms with Crippen molar-refractivity contribution in [2.45, 2.75) is 39.7 Å². The smallest absolute Gasteiger partial charge is 0.425 e. The lowest BCUT2D eigenvalue weighted by molar-refractivity contribution is -0.190. The van der Waals surface area contributed by atoms with Gasteiger partial charge in [-0.15, -0.1) is 0 Å². The second kappa shape index (κ2) is 7.28. The molecule has 20 heavy (non-hydrogen) atoms. The Balaban J connectivity index is 2.90. The molecular formula is C12H18F3N3O2. The van der Waals surface area contributed by atoms with Gasteiger partial charge in [0.25, 0.3) is 0 Å². The van der Waals surface area contributed by atoms with Crippen molar-refractivity contribution in [1.82, 2.24) is 9.97 Å². The quantitative estimate of drug-likeness (QED) is 0.837. The number of nitrogens with one attached hydrogen (secondary N) is 1. The summed E-state index contributed by atoms with van der Waals surface area (Å²) in [7, 11) is 0. The monoisotopic (exact) mass is 293 g/mol. The summed E-state index contributed by atoms with van der Waals surface area (Å²) in [5, 5.41) is 2.91. The number of ether oxygens (including phenoxy) is 2. The van der Waals surface area contributed by atoms with E-state index < -0.39 is 12.3 Å². The molecule has 0 spiro atoms. The van der Waals surface area contributed by atoms with E-state index in [1.807, 2.05) is 6.92 Å². The fourth-order valence-electron chi connectivity index (χ4n) is 1.31. The van der Waals surface area contributed by atoms with Crippen LogP contribution in [-0.2, 0) is 11.3 Å². The Morgan fingerprint density at radius 2 is 2.00 bits per heavy atom. The van der Waals surface area contributed by atoms with Gasteiger partial charge in [-0.2, -0.15) is 18.2 Å². The summed E-state index contributed by atoms with van der Waals surface area (Å²) < 4.78 is 47.4. The fraction of sp³-hybridized carbons (Fsp3) is 0.667. The van der Waals surface area contributed by atoms with Gasteiger partial charge >= 0.3 is 6.18 Å². The van der Waals surface area contributed by atoms with E-state index in [-0.39, 0.29) is 18.3 Å². The molecule has 0 amide bonds. The Hall–Kier alpha value is -1.57. The molecule has 1 aromatic rings. The van der Waals surface area contributed by atoms with Crippen LogP contribution in [0.5, 0.6) is 5.88 Å². The second-order valence-corrected chi connectivity index (χ2v) is 3.98. The van der Waals surface area contributed by atoms with Crippen molar-refractivity contribution in [2.24, 2.45) is 0 Å². The van der Waals surface area contributed by atoms with Gasteiger partial charge in [0, 0.05) is 19.2 Å². The Labute approximate surface area is 115 Å². The summed E-state index contributed by atoms with van der Waals surface area (Å²) in [6.45, 7) is 5.74. The van der Waals surface area contributed by atoms with Crippen LogP contribution in [0.25, 0.3) is 0 Å². The molecule has 1 heterocycles. The average Bonchev–Trinajstić information content (AvgIpc) is 2.35. The maximum Gasteiger partial charge on any atom is 0.425 e. The molecule has 0 bridgehead atoms. The molecule has 0 aromatic carbocycles. The number of alkyl halides is 3. The molecular weight excluding hydrogens is 275 g/mol. The van der Waals surface area contributed by atoms with Gasteiger partial charge in [-0.05, 0) is 20.8 Å². The number of aromatic nitrogens is 2. The molecule has 114 valence electrons. The van der Waals surface area contributed by atoms with Gasteiger partial charge in [0.05, 0.1) is 0 Å². The first-order valence-corrected chi connectivity index (χ1v) is 6.29. The lowest BCUT2D eigenvalue weighted by Gasteiger charge is -2.17. The van der Waals surface area contributed by atoms with E-state index >= 15 is 0 Å². The molecule has 0 aliphatic carbocycles. The molecule has 0 aliphatic rings. The van der Waals surface area contributed by atoms with Gasteiger partial charge in [-0.3, -0.25) is 0 Å². The van der Waals surface area contributed by atoms with Crippen LogP contribution in [0.1, 0.15) is 26.6 Å². The van der Waals surface area contributed by atoms with Gasteiger partial charge in [-0.25, -0.2) is 4.98 Å². The molecule has 0 saturated heterocycles. The highest BCUT2D eigenvalue weighted by Crippen LogP contribution is 2.25. The van der Waals surface area contributed by atoms with Crippen LogP contribution in [0.2, 0.25) is 0 Å². The Morgan fingerprint density at radius 3 is 2.55 bits per heavy atom. The number of hydrogen-bond donors (Lipinski definition) is 1.